The number of ether oxygens (including phenoxy) is 3. The predicted octanol–water partition coefficient (Wildman–Crippen LogP) is 3.98. The second-order valence-electron chi connectivity index (χ2n) is 9.86. The van der Waals surface area contributed by atoms with Gasteiger partial charge in [0.1, 0.15) is 28.2 Å². The maximum atomic E-state index is 13.0. The van der Waals surface area contributed by atoms with E-state index in [1.54, 1.807) is 4.68 Å². The summed E-state index contributed by atoms with van der Waals surface area (Å²) < 4.78 is 18.8. The molecule has 0 aliphatic carbocycles. The maximum absolute atomic E-state index is 13.0. The SMILES string of the molecule is CC(C)CCOc1ccc(-n2nc3c(c2N)c(=O)[nH]c2cc(OCCCN4CCOCC4)ccc23)cc1. The fraction of sp³-hybridized carbons (Fsp3) is 0.429. The van der Waals surface area contributed by atoms with Crippen molar-refractivity contribution in [1.29, 1.82) is 0 Å². The fourth-order valence-electron chi connectivity index (χ4n) is 4.55. The van der Waals surface area contributed by atoms with E-state index in [0.29, 0.717) is 47.1 Å². The highest BCUT2D eigenvalue weighted by molar-refractivity contribution is 6.07. The highest BCUT2D eigenvalue weighted by Gasteiger charge is 2.17. The molecule has 37 heavy (non-hydrogen) atoms. The second-order valence-corrected chi connectivity index (χ2v) is 9.86. The molecule has 0 amide bonds. The summed E-state index contributed by atoms with van der Waals surface area (Å²) in [4.78, 5) is 18.3. The topological polar surface area (TPSA) is 108 Å². The zero-order chi connectivity index (χ0) is 25.8. The van der Waals surface area contributed by atoms with Gasteiger partial charge in [-0.1, -0.05) is 13.8 Å². The number of nitrogen functional groups attached to an aromatic ring is 1. The molecule has 196 valence electrons. The predicted molar refractivity (Wildman–Crippen MR) is 146 cm³/mol. The van der Waals surface area contributed by atoms with E-state index in [0.717, 1.165) is 62.5 Å². The highest BCUT2D eigenvalue weighted by atomic mass is 16.5. The van der Waals surface area contributed by atoms with Crippen LogP contribution in [0.5, 0.6) is 11.5 Å². The van der Waals surface area contributed by atoms with E-state index < -0.39 is 0 Å². The largest absolute Gasteiger partial charge is 0.494 e. The lowest BCUT2D eigenvalue weighted by atomic mass is 10.1. The standard InChI is InChI=1S/C28H35N5O4/c1-19(2)10-15-37-21-6-4-20(5-7-21)33-27(29)25-26(31-33)23-9-8-22(18-24(23)30-28(25)34)36-14-3-11-32-12-16-35-17-13-32/h4-9,18-19H,3,10-17,29H2,1-2H3,(H,30,34). The molecular formula is C28H35N5O4. The van der Waals surface area contributed by atoms with Gasteiger partial charge in [0, 0.05) is 31.1 Å². The Balaban J connectivity index is 1.33. The van der Waals surface area contributed by atoms with E-state index in [2.05, 4.69) is 23.7 Å². The van der Waals surface area contributed by atoms with Crippen LogP contribution in [0.3, 0.4) is 0 Å². The van der Waals surface area contributed by atoms with Gasteiger partial charge in [0.2, 0.25) is 0 Å². The van der Waals surface area contributed by atoms with Gasteiger partial charge in [0.15, 0.2) is 0 Å². The van der Waals surface area contributed by atoms with E-state index in [9.17, 15) is 4.79 Å². The molecule has 1 aliphatic rings. The molecule has 9 nitrogen and oxygen atoms in total. The number of hydrogen-bond acceptors (Lipinski definition) is 7. The molecule has 1 aliphatic heterocycles. The minimum absolute atomic E-state index is 0.274. The number of morpholine rings is 1. The summed E-state index contributed by atoms with van der Waals surface area (Å²) in [5.41, 5.74) is 8.12. The number of fused-ring (bicyclic) bond motifs is 3. The highest BCUT2D eigenvalue weighted by Crippen LogP contribution is 2.29. The number of nitrogens with zero attached hydrogens (tertiary/aromatic N) is 3. The molecule has 0 saturated carbocycles. The molecule has 1 fully saturated rings. The number of nitrogens with one attached hydrogen (secondary N) is 1. The van der Waals surface area contributed by atoms with Crippen molar-refractivity contribution in [2.45, 2.75) is 26.7 Å². The number of aromatic amines is 1. The van der Waals surface area contributed by atoms with Gasteiger partial charge in [-0.2, -0.15) is 5.10 Å². The van der Waals surface area contributed by atoms with E-state index >= 15 is 0 Å². The minimum Gasteiger partial charge on any atom is -0.494 e. The van der Waals surface area contributed by atoms with Crippen molar-refractivity contribution in [3.8, 4) is 17.2 Å². The summed E-state index contributed by atoms with van der Waals surface area (Å²) in [7, 11) is 0. The van der Waals surface area contributed by atoms with Gasteiger partial charge in [0.05, 0.1) is 37.6 Å². The quantitative estimate of drug-likeness (QED) is 0.314. The number of anilines is 1. The average Bonchev–Trinajstić information content (AvgIpc) is 3.25. The first-order valence-corrected chi connectivity index (χ1v) is 13.0. The normalized spacial score (nSPS) is 14.6. The molecule has 0 radical (unpaired) electrons. The van der Waals surface area contributed by atoms with E-state index in [4.69, 9.17) is 25.0 Å². The molecule has 5 rings (SSSR count). The zero-order valence-corrected chi connectivity index (χ0v) is 21.5. The van der Waals surface area contributed by atoms with Crippen LogP contribution in [0.25, 0.3) is 27.5 Å². The fourth-order valence-corrected chi connectivity index (χ4v) is 4.55. The first-order valence-electron chi connectivity index (χ1n) is 13.0. The third-order valence-corrected chi connectivity index (χ3v) is 6.68. The van der Waals surface area contributed by atoms with Gasteiger partial charge in [-0.3, -0.25) is 9.69 Å². The number of nitrogens with two attached hydrogens (primary N) is 1. The molecule has 2 aromatic heterocycles. The maximum Gasteiger partial charge on any atom is 0.261 e. The lowest BCUT2D eigenvalue weighted by Gasteiger charge is -2.26. The summed E-state index contributed by atoms with van der Waals surface area (Å²) in [6, 6.07) is 13.3. The summed E-state index contributed by atoms with van der Waals surface area (Å²) >= 11 is 0. The van der Waals surface area contributed by atoms with E-state index in [1.807, 2.05) is 42.5 Å². The van der Waals surface area contributed by atoms with Crippen LogP contribution >= 0.6 is 0 Å². The molecule has 0 spiro atoms. The molecule has 4 aromatic rings. The molecule has 0 bridgehead atoms. The molecular weight excluding hydrogens is 470 g/mol. The van der Waals surface area contributed by atoms with Gasteiger partial charge >= 0.3 is 0 Å². The average molecular weight is 506 g/mol. The van der Waals surface area contributed by atoms with Gasteiger partial charge in [-0.25, -0.2) is 4.68 Å². The third-order valence-electron chi connectivity index (χ3n) is 6.68. The molecule has 0 unspecified atom stereocenters. The molecule has 2 aromatic carbocycles. The van der Waals surface area contributed by atoms with Crippen molar-refractivity contribution >= 4 is 27.6 Å². The molecule has 3 N–H and O–H groups in total. The van der Waals surface area contributed by atoms with E-state index in [1.165, 1.54) is 0 Å². The van der Waals surface area contributed by atoms with Gasteiger partial charge in [-0.15, -0.1) is 0 Å². The Kier molecular flexibility index (Phi) is 7.62. The van der Waals surface area contributed by atoms with E-state index in [-0.39, 0.29) is 5.56 Å². The van der Waals surface area contributed by atoms with Crippen LogP contribution in [0.15, 0.2) is 47.3 Å². The lowest BCUT2D eigenvalue weighted by molar-refractivity contribution is 0.0358. The Morgan fingerprint density at radius 3 is 2.54 bits per heavy atom. The van der Waals surface area contributed by atoms with Crippen molar-refractivity contribution in [3.63, 3.8) is 0 Å². The van der Waals surface area contributed by atoms with Gasteiger partial charge in [-0.05, 0) is 55.2 Å². The van der Waals surface area contributed by atoms with Crippen LogP contribution in [-0.4, -0.2) is 65.7 Å². The van der Waals surface area contributed by atoms with Crippen LogP contribution in [0.2, 0.25) is 0 Å². The summed E-state index contributed by atoms with van der Waals surface area (Å²) in [5, 5.41) is 5.91. The number of hydrogen-bond donors (Lipinski definition) is 2. The van der Waals surface area contributed by atoms with Crippen LogP contribution in [0.1, 0.15) is 26.7 Å². The van der Waals surface area contributed by atoms with Crippen LogP contribution in [-0.2, 0) is 4.74 Å². The molecule has 9 heteroatoms. The van der Waals surface area contributed by atoms with Crippen molar-refractivity contribution < 1.29 is 14.2 Å². The molecule has 3 heterocycles. The first kappa shape index (κ1) is 25.1. The molecule has 0 atom stereocenters. The van der Waals surface area contributed by atoms with Crippen LogP contribution in [0, 0.1) is 5.92 Å². The first-order chi connectivity index (χ1) is 18.0. The summed E-state index contributed by atoms with van der Waals surface area (Å²) in [6.07, 6.45) is 1.92. The van der Waals surface area contributed by atoms with Crippen molar-refractivity contribution in [2.24, 2.45) is 5.92 Å². The molecule has 1 saturated heterocycles. The Bertz CT molecular complexity index is 1400. The number of H-pyrrole nitrogens is 1. The lowest BCUT2D eigenvalue weighted by Crippen LogP contribution is -2.37. The van der Waals surface area contributed by atoms with Crippen LogP contribution < -0.4 is 20.8 Å². The third kappa shape index (κ3) is 5.73. The minimum atomic E-state index is -0.274. The number of aromatic nitrogens is 3. The number of benzene rings is 2. The second kappa shape index (κ2) is 11.2. The zero-order valence-electron chi connectivity index (χ0n) is 21.5. The van der Waals surface area contributed by atoms with Gasteiger partial charge < -0.3 is 24.9 Å². The number of rotatable bonds is 10. The Labute approximate surface area is 216 Å². The summed E-state index contributed by atoms with van der Waals surface area (Å²) in [6.45, 7) is 10.1. The van der Waals surface area contributed by atoms with Crippen molar-refractivity contribution in [1.82, 2.24) is 19.7 Å². The van der Waals surface area contributed by atoms with Crippen LogP contribution in [0.4, 0.5) is 5.82 Å². The van der Waals surface area contributed by atoms with Crippen molar-refractivity contribution in [3.05, 3.63) is 52.8 Å². The number of pyridine rings is 1. The van der Waals surface area contributed by atoms with Gasteiger partial charge in [0.25, 0.3) is 5.56 Å². The monoisotopic (exact) mass is 505 g/mol. The Morgan fingerprint density at radius 1 is 1.05 bits per heavy atom. The summed E-state index contributed by atoms with van der Waals surface area (Å²) in [5.74, 6) is 2.40. The van der Waals surface area contributed by atoms with Crippen molar-refractivity contribution in [2.75, 3.05) is 51.8 Å². The Morgan fingerprint density at radius 2 is 1.78 bits per heavy atom. The smallest absolute Gasteiger partial charge is 0.261 e. The Hall–Kier alpha value is -3.56.